The Morgan fingerprint density at radius 2 is 1.58 bits per heavy atom. The van der Waals surface area contributed by atoms with Gasteiger partial charge in [0.2, 0.25) is 0 Å². The van der Waals surface area contributed by atoms with Gasteiger partial charge in [-0.05, 0) is 68.7 Å². The van der Waals surface area contributed by atoms with Crippen LogP contribution in [-0.2, 0) is 41.3 Å². The second-order valence-electron chi connectivity index (χ2n) is 12.8. The molecule has 1 saturated heterocycles. The number of methoxy groups -OCH3 is 2. The van der Waals surface area contributed by atoms with Gasteiger partial charge < -0.3 is 62.5 Å². The van der Waals surface area contributed by atoms with Crippen LogP contribution < -0.4 is 48.2 Å². The van der Waals surface area contributed by atoms with E-state index in [0.717, 1.165) is 63.5 Å². The van der Waals surface area contributed by atoms with E-state index in [1.165, 1.54) is 5.56 Å². The molecule has 0 aromatic heterocycles. The first-order valence-electron chi connectivity index (χ1n) is 16.3. The number of amides is 1. The Hall–Kier alpha value is -2.30. The zero-order chi connectivity index (χ0) is 33.2. The molecular weight excluding hydrogens is 836 g/mol. The molecule has 50 heavy (non-hydrogen) atoms. The van der Waals surface area contributed by atoms with E-state index in [9.17, 15) is 4.79 Å². The zero-order valence-corrected chi connectivity index (χ0v) is 36.6. The van der Waals surface area contributed by atoms with Crippen molar-refractivity contribution in [1.29, 1.82) is 0 Å². The van der Waals surface area contributed by atoms with Crippen LogP contribution in [0.1, 0.15) is 56.2 Å². The predicted octanol–water partition coefficient (Wildman–Crippen LogP) is 2.87. The van der Waals surface area contributed by atoms with Crippen molar-refractivity contribution in [3.63, 3.8) is 0 Å². The first kappa shape index (κ1) is 43.9. The maximum absolute atomic E-state index is 13.1. The summed E-state index contributed by atoms with van der Waals surface area (Å²) in [6.45, 7) is 7.65. The summed E-state index contributed by atoms with van der Waals surface area (Å²) in [6.07, 6.45) is 1.16. The van der Waals surface area contributed by atoms with Crippen LogP contribution in [0.3, 0.4) is 0 Å². The summed E-state index contributed by atoms with van der Waals surface area (Å²) in [5, 5.41) is 1.95. The average molecular weight is 883 g/mol. The van der Waals surface area contributed by atoms with Crippen LogP contribution in [-0.4, -0.2) is 62.4 Å². The molecule has 2 atom stereocenters. The maximum atomic E-state index is 13.1. The summed E-state index contributed by atoms with van der Waals surface area (Å²) in [6, 6.07) is 28.9. The number of carbonyl (C=O) groups excluding carboxylic acids is 1. The first-order valence-corrected chi connectivity index (χ1v) is 17.5. The van der Waals surface area contributed by atoms with Gasteiger partial charge in [0.25, 0.3) is 0 Å². The van der Waals surface area contributed by atoms with Gasteiger partial charge in [-0.15, -0.1) is 0 Å². The molecule has 2 unspecified atom stereocenters. The van der Waals surface area contributed by atoms with Gasteiger partial charge in [0.05, 0.1) is 40.1 Å². The SMILES string of the molecule is COc1cc(COC2CN(C(=O)OC(C)(C)C)CCC2c2ccc(OCCCSCc3ccccc3)cc2)c(OC)c2ccccc12.[Br-].[Br-].[Zn+2]. The number of hydrogen-bond acceptors (Lipinski definition) is 7. The number of ether oxygens (including phenoxy) is 5. The quantitative estimate of drug-likeness (QED) is 0.151. The fourth-order valence-electron chi connectivity index (χ4n) is 5.97. The summed E-state index contributed by atoms with van der Waals surface area (Å²) in [4.78, 5) is 14.8. The van der Waals surface area contributed by atoms with Crippen molar-refractivity contribution < 1.29 is 81.9 Å². The molecule has 5 rings (SSSR count). The van der Waals surface area contributed by atoms with Crippen LogP contribution in [0.4, 0.5) is 4.79 Å². The van der Waals surface area contributed by atoms with Crippen LogP contribution in [0.5, 0.6) is 17.2 Å². The van der Waals surface area contributed by atoms with Crippen molar-refractivity contribution in [3.05, 3.63) is 102 Å². The fourth-order valence-corrected chi connectivity index (χ4v) is 6.86. The summed E-state index contributed by atoms with van der Waals surface area (Å²) in [7, 11) is 3.35. The Kier molecular flexibility index (Phi) is 18.7. The van der Waals surface area contributed by atoms with Crippen LogP contribution >= 0.6 is 11.8 Å². The summed E-state index contributed by atoms with van der Waals surface area (Å²) in [5.74, 6) is 4.55. The van der Waals surface area contributed by atoms with Crippen molar-refractivity contribution in [2.45, 2.75) is 63.6 Å². The Labute approximate surface area is 335 Å². The van der Waals surface area contributed by atoms with Gasteiger partial charge >= 0.3 is 25.6 Å². The first-order chi connectivity index (χ1) is 22.8. The number of benzene rings is 4. The number of thioether (sulfide) groups is 1. The topological polar surface area (TPSA) is 66.5 Å². The molecule has 0 radical (unpaired) electrons. The normalized spacial score (nSPS) is 15.6. The third-order valence-electron chi connectivity index (χ3n) is 8.24. The smallest absolute Gasteiger partial charge is 1.00 e. The van der Waals surface area contributed by atoms with E-state index in [4.69, 9.17) is 23.7 Å². The molecule has 11 heteroatoms. The van der Waals surface area contributed by atoms with Gasteiger partial charge in [0, 0.05) is 34.6 Å². The third-order valence-corrected chi connectivity index (χ3v) is 9.36. The van der Waals surface area contributed by atoms with Gasteiger partial charge in [-0.1, -0.05) is 66.7 Å². The van der Waals surface area contributed by atoms with Crippen molar-refractivity contribution >= 4 is 28.6 Å². The molecule has 7 nitrogen and oxygen atoms in total. The average Bonchev–Trinajstić information content (AvgIpc) is 3.08. The molecule has 4 aromatic rings. The largest absolute Gasteiger partial charge is 2.00 e. The molecule has 1 aliphatic heterocycles. The summed E-state index contributed by atoms with van der Waals surface area (Å²) in [5.41, 5.74) is 2.83. The van der Waals surface area contributed by atoms with E-state index in [1.807, 2.05) is 75.0 Å². The van der Waals surface area contributed by atoms with Crippen LogP contribution in [0, 0.1) is 0 Å². The predicted molar refractivity (Wildman–Crippen MR) is 190 cm³/mol. The van der Waals surface area contributed by atoms with Crippen LogP contribution in [0.25, 0.3) is 10.8 Å². The van der Waals surface area contributed by atoms with E-state index in [-0.39, 0.29) is 71.6 Å². The third kappa shape index (κ3) is 12.1. The van der Waals surface area contributed by atoms with Crippen molar-refractivity contribution in [2.75, 3.05) is 39.7 Å². The zero-order valence-electron chi connectivity index (χ0n) is 29.7. The van der Waals surface area contributed by atoms with Crippen molar-refractivity contribution in [3.8, 4) is 17.2 Å². The van der Waals surface area contributed by atoms with Gasteiger partial charge in [-0.2, -0.15) is 11.8 Å². The van der Waals surface area contributed by atoms with Crippen molar-refractivity contribution in [1.82, 2.24) is 4.90 Å². The molecule has 1 aliphatic rings. The molecule has 4 aromatic carbocycles. The van der Waals surface area contributed by atoms with Gasteiger partial charge in [-0.25, -0.2) is 4.79 Å². The Morgan fingerprint density at radius 3 is 2.24 bits per heavy atom. The molecular formula is C39H47Br2NO6SZn. The Bertz CT molecular complexity index is 1610. The number of likely N-dealkylation sites (tertiary alicyclic amines) is 1. The monoisotopic (exact) mass is 879 g/mol. The molecule has 0 N–H and O–H groups in total. The number of fused-ring (bicyclic) bond motifs is 1. The van der Waals surface area contributed by atoms with Crippen LogP contribution in [0.2, 0.25) is 0 Å². The van der Waals surface area contributed by atoms with E-state index in [1.54, 1.807) is 19.1 Å². The van der Waals surface area contributed by atoms with Gasteiger partial charge in [0.15, 0.2) is 0 Å². The number of halogens is 2. The minimum absolute atomic E-state index is 0. The molecule has 1 heterocycles. The molecule has 0 saturated carbocycles. The summed E-state index contributed by atoms with van der Waals surface area (Å²) >= 11 is 1.93. The summed E-state index contributed by atoms with van der Waals surface area (Å²) < 4.78 is 30.1. The minimum atomic E-state index is -0.574. The van der Waals surface area contributed by atoms with Crippen molar-refractivity contribution in [2.24, 2.45) is 0 Å². The maximum Gasteiger partial charge on any atom is 2.00 e. The molecule has 1 fully saturated rings. The Balaban J connectivity index is 0.00000289. The molecule has 0 spiro atoms. The standard InChI is InChI=1S/C39H47NO6S.2BrH.Zn/c1-39(2,3)46-38(41)40-21-20-32(29-16-18-31(19-17-29)44-22-11-23-47-27-28-12-7-6-8-13-28)36(25-40)45-26-30-24-35(42-4)33-14-9-10-15-34(33)37(30)43-5;;;/h6-10,12-19,24,32,36H,11,20-23,25-27H2,1-5H3;2*1H;/q;;;+2/p-2. The molecule has 1 amide bonds. The number of carbonyl (C=O) groups is 1. The number of rotatable bonds is 13. The Morgan fingerprint density at radius 1 is 0.900 bits per heavy atom. The number of nitrogens with zero attached hydrogens (tertiary/aromatic N) is 1. The molecule has 266 valence electrons. The number of hydrogen-bond donors (Lipinski definition) is 0. The van der Waals surface area contributed by atoms with E-state index < -0.39 is 5.60 Å². The molecule has 0 aliphatic carbocycles. The fraction of sp³-hybridized carbons (Fsp3) is 0.410. The van der Waals surface area contributed by atoms with Gasteiger partial charge in [-0.3, -0.25) is 0 Å². The molecule has 0 bridgehead atoms. The second kappa shape index (κ2) is 21.3. The van der Waals surface area contributed by atoms with Gasteiger partial charge in [0.1, 0.15) is 22.8 Å². The van der Waals surface area contributed by atoms with E-state index >= 15 is 0 Å². The van der Waals surface area contributed by atoms with E-state index in [2.05, 4.69) is 42.5 Å². The van der Waals surface area contributed by atoms with E-state index in [0.29, 0.717) is 26.3 Å². The number of piperidine rings is 1. The van der Waals surface area contributed by atoms with Crippen LogP contribution in [0.15, 0.2) is 84.9 Å². The second-order valence-corrected chi connectivity index (χ2v) is 13.9. The minimum Gasteiger partial charge on any atom is -1.00 e.